The number of ether oxygens (including phenoxy) is 1. The highest BCUT2D eigenvalue weighted by Gasteiger charge is 2.28. The number of rotatable bonds is 9. The Hall–Kier alpha value is -3.34. The molecule has 0 unspecified atom stereocenters. The normalized spacial score (nSPS) is 11.6. The van der Waals surface area contributed by atoms with Crippen LogP contribution in [0.3, 0.4) is 0 Å². The van der Waals surface area contributed by atoms with Crippen LogP contribution in [0.5, 0.6) is 0 Å². The van der Waals surface area contributed by atoms with E-state index < -0.39 is 21.8 Å². The Labute approximate surface area is 214 Å². The molecule has 4 rings (SSSR count). The third-order valence-corrected chi connectivity index (χ3v) is 6.89. The predicted molar refractivity (Wildman–Crippen MR) is 140 cm³/mol. The van der Waals surface area contributed by atoms with E-state index in [1.807, 2.05) is 30.3 Å². The number of esters is 1. The van der Waals surface area contributed by atoms with Gasteiger partial charge in [0.1, 0.15) is 22.7 Å². The minimum atomic E-state index is -3.73. The van der Waals surface area contributed by atoms with E-state index in [0.717, 1.165) is 11.8 Å². The monoisotopic (exact) mass is 529 g/mol. The average molecular weight is 530 g/mol. The molecule has 188 valence electrons. The number of carbonyl (C=O) groups excluding carboxylic acids is 1. The Balaban J connectivity index is 2.06. The van der Waals surface area contributed by atoms with E-state index in [4.69, 9.17) is 13.3 Å². The lowest BCUT2D eigenvalue weighted by molar-refractivity contribution is 0.0528. The number of fused-ring (bicyclic) bond motifs is 1. The van der Waals surface area contributed by atoms with Gasteiger partial charge in [0.15, 0.2) is 0 Å². The fourth-order valence-electron chi connectivity index (χ4n) is 3.99. The molecule has 1 aromatic heterocycles. The molecule has 4 aromatic rings. The Morgan fingerprint density at radius 1 is 1.06 bits per heavy atom. The first-order valence-electron chi connectivity index (χ1n) is 11.1. The maximum atomic E-state index is 13.6. The minimum absolute atomic E-state index is 0.00390. The first-order chi connectivity index (χ1) is 17.2. The van der Waals surface area contributed by atoms with Crippen LogP contribution in [-0.2, 0) is 18.9 Å². The highest BCUT2D eigenvalue weighted by atomic mass is 32.2. The number of halogens is 1. The van der Waals surface area contributed by atoms with Crippen LogP contribution in [0.15, 0.2) is 71.1 Å². The van der Waals surface area contributed by atoms with E-state index in [-0.39, 0.29) is 36.7 Å². The van der Waals surface area contributed by atoms with Crippen molar-refractivity contribution in [3.63, 3.8) is 0 Å². The molecule has 0 aliphatic carbocycles. The molecule has 7 nitrogen and oxygen atoms in total. The summed E-state index contributed by atoms with van der Waals surface area (Å²) in [5.41, 5.74) is 2.55. The van der Waals surface area contributed by atoms with Crippen LogP contribution in [0.4, 0.5) is 10.1 Å². The summed E-state index contributed by atoms with van der Waals surface area (Å²) in [7, 11) is -3.73. The summed E-state index contributed by atoms with van der Waals surface area (Å²) >= 11 is 3.75. The summed E-state index contributed by atoms with van der Waals surface area (Å²) < 4.78 is 56.6. The third-order valence-electron chi connectivity index (χ3n) is 5.53. The molecule has 1 heterocycles. The van der Waals surface area contributed by atoms with E-state index in [1.54, 1.807) is 19.1 Å². The SMILES string of the molecule is CCOC(=O)c1c(-c2ccc(F)cc2)oc2cc(N(CCOS)S(C)(=O)=O)c(-c3ccccc3)cc12. The number of furan rings is 1. The Morgan fingerprint density at radius 3 is 2.36 bits per heavy atom. The van der Waals surface area contributed by atoms with Crippen molar-refractivity contribution < 1.29 is 30.9 Å². The van der Waals surface area contributed by atoms with Crippen molar-refractivity contribution in [1.29, 1.82) is 0 Å². The maximum Gasteiger partial charge on any atom is 0.342 e. The van der Waals surface area contributed by atoms with Crippen molar-refractivity contribution in [1.82, 2.24) is 0 Å². The van der Waals surface area contributed by atoms with E-state index in [1.165, 1.54) is 28.6 Å². The maximum absolute atomic E-state index is 13.6. The van der Waals surface area contributed by atoms with Crippen molar-refractivity contribution in [2.24, 2.45) is 0 Å². The number of anilines is 1. The van der Waals surface area contributed by atoms with E-state index in [9.17, 15) is 17.6 Å². The topological polar surface area (TPSA) is 86.0 Å². The van der Waals surface area contributed by atoms with Crippen molar-refractivity contribution in [2.45, 2.75) is 6.92 Å². The number of hydrogen-bond acceptors (Lipinski definition) is 7. The molecule has 0 atom stereocenters. The van der Waals surface area contributed by atoms with E-state index in [0.29, 0.717) is 22.2 Å². The van der Waals surface area contributed by atoms with Gasteiger partial charge in [0.05, 0.1) is 31.7 Å². The van der Waals surface area contributed by atoms with Gasteiger partial charge in [0.25, 0.3) is 0 Å². The lowest BCUT2D eigenvalue weighted by Crippen LogP contribution is -2.33. The zero-order valence-electron chi connectivity index (χ0n) is 19.6. The second-order valence-electron chi connectivity index (χ2n) is 7.93. The van der Waals surface area contributed by atoms with E-state index in [2.05, 4.69) is 12.9 Å². The second-order valence-corrected chi connectivity index (χ2v) is 10.1. The molecule has 0 radical (unpaired) electrons. The zero-order chi connectivity index (χ0) is 25.9. The van der Waals surface area contributed by atoms with Crippen molar-refractivity contribution in [2.75, 3.05) is 30.3 Å². The van der Waals surface area contributed by atoms with Crippen LogP contribution >= 0.6 is 12.9 Å². The number of sulfonamides is 1. The molecule has 0 saturated carbocycles. The molecule has 0 amide bonds. The Morgan fingerprint density at radius 2 is 1.75 bits per heavy atom. The Bertz CT molecular complexity index is 1480. The van der Waals surface area contributed by atoms with Crippen LogP contribution in [0, 0.1) is 5.82 Å². The molecule has 0 saturated heterocycles. The van der Waals surface area contributed by atoms with Gasteiger partial charge in [-0.05, 0) is 55.7 Å². The van der Waals surface area contributed by atoms with Gasteiger partial charge < -0.3 is 13.3 Å². The van der Waals surface area contributed by atoms with Gasteiger partial charge in [-0.2, -0.15) is 0 Å². The fourth-order valence-corrected chi connectivity index (χ4v) is 4.98. The molecule has 0 N–H and O–H groups in total. The second kappa shape index (κ2) is 10.7. The standard InChI is InChI=1S/C26H24FNO6S2/c1-3-32-26(29)24-21-15-20(17-7-5-4-6-8-17)22(28(13-14-33-35)36(2,30)31)16-23(21)34-25(24)18-9-11-19(27)12-10-18/h4-12,15-16,35H,3,13-14H2,1-2H3. The third kappa shape index (κ3) is 5.25. The van der Waals surface area contributed by atoms with Gasteiger partial charge in [-0.1, -0.05) is 30.3 Å². The molecule has 0 bridgehead atoms. The number of nitrogens with zero attached hydrogens (tertiary/aromatic N) is 1. The number of thiol groups is 1. The molecule has 36 heavy (non-hydrogen) atoms. The van der Waals surface area contributed by atoms with Gasteiger partial charge in [-0.15, -0.1) is 0 Å². The Kier molecular flexibility index (Phi) is 7.67. The molecule has 0 fully saturated rings. The van der Waals surface area contributed by atoms with Crippen molar-refractivity contribution in [3.05, 3.63) is 78.1 Å². The lowest BCUT2D eigenvalue weighted by atomic mass is 9.98. The molecule has 3 aromatic carbocycles. The zero-order valence-corrected chi connectivity index (χ0v) is 21.3. The lowest BCUT2D eigenvalue weighted by Gasteiger charge is -2.24. The summed E-state index contributed by atoms with van der Waals surface area (Å²) in [6.07, 6.45) is 1.10. The van der Waals surface area contributed by atoms with Crippen molar-refractivity contribution in [3.8, 4) is 22.5 Å². The number of carbonyl (C=O) groups is 1. The summed E-state index contributed by atoms with van der Waals surface area (Å²) in [5, 5.41) is 0.439. The molecular weight excluding hydrogens is 505 g/mol. The van der Waals surface area contributed by atoms with Gasteiger partial charge in [0.2, 0.25) is 10.0 Å². The largest absolute Gasteiger partial charge is 0.462 e. The smallest absolute Gasteiger partial charge is 0.342 e. The quantitative estimate of drug-likeness (QED) is 0.170. The summed E-state index contributed by atoms with van der Waals surface area (Å²) in [4.78, 5) is 13.1. The average Bonchev–Trinajstić information content (AvgIpc) is 3.22. The molecule has 0 aliphatic rings. The highest BCUT2D eigenvalue weighted by molar-refractivity contribution is 7.92. The van der Waals surface area contributed by atoms with Gasteiger partial charge in [-0.3, -0.25) is 4.31 Å². The van der Waals surface area contributed by atoms with Crippen molar-refractivity contribution >= 4 is 45.6 Å². The van der Waals surface area contributed by atoms with Gasteiger partial charge in [0, 0.05) is 22.6 Å². The van der Waals surface area contributed by atoms with Crippen LogP contribution in [0.1, 0.15) is 17.3 Å². The number of benzene rings is 3. The summed E-state index contributed by atoms with van der Waals surface area (Å²) in [6.45, 7) is 1.88. The van der Waals surface area contributed by atoms with Gasteiger partial charge in [-0.25, -0.2) is 17.6 Å². The van der Waals surface area contributed by atoms with Crippen LogP contribution in [-0.4, -0.2) is 40.4 Å². The minimum Gasteiger partial charge on any atom is -0.462 e. The van der Waals surface area contributed by atoms with Gasteiger partial charge >= 0.3 is 5.97 Å². The summed E-state index contributed by atoms with van der Waals surface area (Å²) in [6, 6.07) is 18.0. The molecule has 0 spiro atoms. The van der Waals surface area contributed by atoms with E-state index >= 15 is 0 Å². The van der Waals surface area contributed by atoms with Crippen LogP contribution < -0.4 is 4.31 Å². The first-order valence-corrected chi connectivity index (χ1v) is 13.3. The first kappa shape index (κ1) is 25.7. The predicted octanol–water partition coefficient (Wildman–Crippen LogP) is 5.71. The highest BCUT2D eigenvalue weighted by Crippen LogP contribution is 2.41. The molecular formula is C26H24FNO6S2. The van der Waals surface area contributed by atoms with Crippen LogP contribution in [0.2, 0.25) is 0 Å². The fraction of sp³-hybridized carbons (Fsp3) is 0.192. The molecule has 10 heteroatoms. The van der Waals surface area contributed by atoms with Crippen LogP contribution in [0.25, 0.3) is 33.4 Å². The summed E-state index contributed by atoms with van der Waals surface area (Å²) in [5.74, 6) is -0.841. The molecule has 0 aliphatic heterocycles. The number of hydrogen-bond donors (Lipinski definition) is 1.